The summed E-state index contributed by atoms with van der Waals surface area (Å²) in [6.45, 7) is 1.71. The maximum atomic E-state index is 12.5. The van der Waals surface area contributed by atoms with E-state index in [1.54, 1.807) is 17.0 Å². The second-order valence-corrected chi connectivity index (χ2v) is 7.54. The van der Waals surface area contributed by atoms with Gasteiger partial charge in [0.1, 0.15) is 0 Å². The standard InChI is InChI=1S/C20H20N4O3S/c25-18(16-7-4-12-27-16)23-19-22-15-9-11-24(13-17(15)28-19)20(26)21-10-8-14-5-2-1-3-6-14/h1-7,12H,8-11,13H2,(H,21,26)(H,22,23,25). The molecule has 2 N–H and O–H groups in total. The lowest BCUT2D eigenvalue weighted by Crippen LogP contribution is -2.43. The highest BCUT2D eigenvalue weighted by Crippen LogP contribution is 2.28. The number of fused-ring (bicyclic) bond motifs is 1. The van der Waals surface area contributed by atoms with E-state index in [1.807, 2.05) is 18.2 Å². The summed E-state index contributed by atoms with van der Waals surface area (Å²) in [6.07, 6.45) is 2.93. The minimum absolute atomic E-state index is 0.0730. The van der Waals surface area contributed by atoms with Gasteiger partial charge >= 0.3 is 6.03 Å². The molecule has 0 spiro atoms. The molecule has 3 heterocycles. The lowest BCUT2D eigenvalue weighted by atomic mass is 10.1. The molecule has 1 aliphatic heterocycles. The van der Waals surface area contributed by atoms with Gasteiger partial charge in [0.2, 0.25) is 0 Å². The van der Waals surface area contributed by atoms with E-state index >= 15 is 0 Å². The van der Waals surface area contributed by atoms with Crippen LogP contribution < -0.4 is 10.6 Å². The van der Waals surface area contributed by atoms with E-state index in [0.29, 0.717) is 31.2 Å². The number of hydrogen-bond donors (Lipinski definition) is 2. The first-order valence-corrected chi connectivity index (χ1v) is 9.91. The van der Waals surface area contributed by atoms with E-state index in [-0.39, 0.29) is 17.7 Å². The zero-order chi connectivity index (χ0) is 19.3. The Hall–Kier alpha value is -3.13. The van der Waals surface area contributed by atoms with E-state index in [4.69, 9.17) is 4.42 Å². The first-order chi connectivity index (χ1) is 13.7. The van der Waals surface area contributed by atoms with E-state index in [1.165, 1.54) is 23.2 Å². The fourth-order valence-corrected chi connectivity index (χ4v) is 4.08. The third-order valence-corrected chi connectivity index (χ3v) is 5.51. The number of amides is 3. The minimum Gasteiger partial charge on any atom is -0.459 e. The lowest BCUT2D eigenvalue weighted by Gasteiger charge is -2.26. The molecule has 2 aromatic heterocycles. The average Bonchev–Trinajstić information content (AvgIpc) is 3.37. The SMILES string of the molecule is O=C(Nc1nc2c(s1)CN(C(=O)NCCc1ccccc1)CC2)c1ccco1. The van der Waals surface area contributed by atoms with Crippen LogP contribution in [0.1, 0.15) is 26.7 Å². The van der Waals surface area contributed by atoms with Gasteiger partial charge in [-0.05, 0) is 24.1 Å². The highest BCUT2D eigenvalue weighted by atomic mass is 32.1. The molecular weight excluding hydrogens is 376 g/mol. The number of furan rings is 1. The molecule has 0 aliphatic carbocycles. The molecule has 0 fully saturated rings. The van der Waals surface area contributed by atoms with Gasteiger partial charge in [-0.25, -0.2) is 9.78 Å². The predicted molar refractivity (Wildman–Crippen MR) is 106 cm³/mol. The molecule has 0 unspecified atom stereocenters. The van der Waals surface area contributed by atoms with Gasteiger partial charge in [-0.1, -0.05) is 41.7 Å². The van der Waals surface area contributed by atoms with Crippen LogP contribution >= 0.6 is 11.3 Å². The van der Waals surface area contributed by atoms with Crippen LogP contribution in [0.5, 0.6) is 0 Å². The number of urea groups is 1. The normalized spacial score (nSPS) is 13.1. The van der Waals surface area contributed by atoms with Crippen molar-refractivity contribution in [2.75, 3.05) is 18.4 Å². The zero-order valence-corrected chi connectivity index (χ0v) is 16.0. The third kappa shape index (κ3) is 4.23. The number of anilines is 1. The Bertz CT molecular complexity index is 953. The number of benzene rings is 1. The van der Waals surface area contributed by atoms with E-state index in [2.05, 4.69) is 27.8 Å². The lowest BCUT2D eigenvalue weighted by molar-refractivity contribution is 0.0996. The van der Waals surface area contributed by atoms with Gasteiger partial charge in [-0.15, -0.1) is 0 Å². The Morgan fingerprint density at radius 3 is 2.82 bits per heavy atom. The molecule has 1 aromatic carbocycles. The van der Waals surface area contributed by atoms with Crippen molar-refractivity contribution in [1.82, 2.24) is 15.2 Å². The van der Waals surface area contributed by atoms with Crippen LogP contribution in [0.2, 0.25) is 0 Å². The number of rotatable bonds is 5. The number of aromatic nitrogens is 1. The van der Waals surface area contributed by atoms with Crippen molar-refractivity contribution in [3.05, 3.63) is 70.6 Å². The van der Waals surface area contributed by atoms with Gasteiger partial charge in [0.25, 0.3) is 5.91 Å². The van der Waals surface area contributed by atoms with Gasteiger partial charge in [0, 0.05) is 24.4 Å². The third-order valence-electron chi connectivity index (χ3n) is 4.52. The molecule has 0 bridgehead atoms. The highest BCUT2D eigenvalue weighted by Gasteiger charge is 2.24. The molecule has 7 nitrogen and oxygen atoms in total. The van der Waals surface area contributed by atoms with Crippen molar-refractivity contribution >= 4 is 28.4 Å². The van der Waals surface area contributed by atoms with Gasteiger partial charge in [0.15, 0.2) is 10.9 Å². The summed E-state index contributed by atoms with van der Waals surface area (Å²) >= 11 is 1.40. The van der Waals surface area contributed by atoms with Crippen LogP contribution in [0, 0.1) is 0 Å². The largest absolute Gasteiger partial charge is 0.459 e. The van der Waals surface area contributed by atoms with E-state index in [0.717, 1.165) is 17.0 Å². The maximum Gasteiger partial charge on any atom is 0.317 e. The predicted octanol–water partition coefficient (Wildman–Crippen LogP) is 3.30. The van der Waals surface area contributed by atoms with E-state index < -0.39 is 0 Å². The molecular formula is C20H20N4O3S. The van der Waals surface area contributed by atoms with Gasteiger partial charge in [-0.3, -0.25) is 10.1 Å². The Balaban J connectivity index is 1.31. The molecule has 3 amide bonds. The Morgan fingerprint density at radius 1 is 1.18 bits per heavy atom. The second-order valence-electron chi connectivity index (χ2n) is 6.46. The summed E-state index contributed by atoms with van der Waals surface area (Å²) in [5.74, 6) is -0.0841. The molecule has 0 saturated heterocycles. The number of nitrogens with zero attached hydrogens (tertiary/aromatic N) is 2. The van der Waals surface area contributed by atoms with Crippen LogP contribution in [0.25, 0.3) is 0 Å². The monoisotopic (exact) mass is 396 g/mol. The van der Waals surface area contributed by atoms with Crippen LogP contribution in [-0.2, 0) is 19.4 Å². The van der Waals surface area contributed by atoms with Crippen LogP contribution in [0.4, 0.5) is 9.93 Å². The number of carbonyl (C=O) groups is 2. The van der Waals surface area contributed by atoms with Crippen molar-refractivity contribution in [3.8, 4) is 0 Å². The van der Waals surface area contributed by atoms with Gasteiger partial charge < -0.3 is 14.6 Å². The molecule has 0 atom stereocenters. The Morgan fingerprint density at radius 2 is 2.04 bits per heavy atom. The molecule has 8 heteroatoms. The van der Waals surface area contributed by atoms with Crippen molar-refractivity contribution in [3.63, 3.8) is 0 Å². The summed E-state index contributed by atoms with van der Waals surface area (Å²) in [7, 11) is 0. The van der Waals surface area contributed by atoms with Crippen molar-refractivity contribution in [2.24, 2.45) is 0 Å². The van der Waals surface area contributed by atoms with Gasteiger partial charge in [0.05, 0.1) is 18.5 Å². The molecule has 28 heavy (non-hydrogen) atoms. The van der Waals surface area contributed by atoms with Crippen molar-refractivity contribution in [1.29, 1.82) is 0 Å². The number of hydrogen-bond acceptors (Lipinski definition) is 5. The summed E-state index contributed by atoms with van der Waals surface area (Å²) in [6, 6.07) is 13.3. The quantitative estimate of drug-likeness (QED) is 0.693. The summed E-state index contributed by atoms with van der Waals surface area (Å²) in [5, 5.41) is 6.26. The topological polar surface area (TPSA) is 87.5 Å². The van der Waals surface area contributed by atoms with E-state index in [9.17, 15) is 9.59 Å². The summed E-state index contributed by atoms with van der Waals surface area (Å²) in [5.41, 5.74) is 2.14. The number of nitrogens with one attached hydrogen (secondary N) is 2. The molecule has 1 aliphatic rings. The smallest absolute Gasteiger partial charge is 0.317 e. The molecule has 4 rings (SSSR count). The summed E-state index contributed by atoms with van der Waals surface area (Å²) < 4.78 is 5.09. The molecule has 3 aromatic rings. The zero-order valence-electron chi connectivity index (χ0n) is 15.2. The van der Waals surface area contributed by atoms with Crippen LogP contribution in [0.3, 0.4) is 0 Å². The van der Waals surface area contributed by atoms with Gasteiger partial charge in [-0.2, -0.15) is 0 Å². The average molecular weight is 396 g/mol. The fourth-order valence-electron chi connectivity index (χ4n) is 3.06. The Labute approximate surface area is 166 Å². The minimum atomic E-state index is -0.327. The molecule has 0 radical (unpaired) electrons. The number of carbonyl (C=O) groups excluding carboxylic acids is 2. The van der Waals surface area contributed by atoms with Crippen LogP contribution in [-0.4, -0.2) is 34.9 Å². The Kier molecular flexibility index (Phi) is 5.38. The maximum absolute atomic E-state index is 12.5. The highest BCUT2D eigenvalue weighted by molar-refractivity contribution is 7.15. The van der Waals surface area contributed by atoms with Crippen molar-refractivity contribution in [2.45, 2.75) is 19.4 Å². The molecule has 144 valence electrons. The first kappa shape index (κ1) is 18.2. The summed E-state index contributed by atoms with van der Waals surface area (Å²) in [4.78, 5) is 31.8. The number of thiazole rings is 1. The second kappa shape index (κ2) is 8.26. The fraction of sp³-hybridized carbons (Fsp3) is 0.250. The van der Waals surface area contributed by atoms with Crippen molar-refractivity contribution < 1.29 is 14.0 Å². The first-order valence-electron chi connectivity index (χ1n) is 9.09. The van der Waals surface area contributed by atoms with Crippen LogP contribution in [0.15, 0.2) is 53.1 Å². The molecule has 0 saturated carbocycles.